The van der Waals surface area contributed by atoms with Gasteiger partial charge < -0.3 is 0 Å². The first kappa shape index (κ1) is 19.6. The fourth-order valence-corrected chi connectivity index (χ4v) is 3.89. The monoisotopic (exact) mass is 508 g/mol. The van der Waals surface area contributed by atoms with Gasteiger partial charge in [0.1, 0.15) is 0 Å². The summed E-state index contributed by atoms with van der Waals surface area (Å²) in [4.78, 5) is 0. The first-order valence-corrected chi connectivity index (χ1v) is 8.45. The van der Waals surface area contributed by atoms with Gasteiger partial charge in [0.15, 0.2) is 0 Å². The first-order valence-electron chi connectivity index (χ1n) is 6.87. The van der Waals surface area contributed by atoms with Gasteiger partial charge in [-0.25, -0.2) is 0 Å². The lowest BCUT2D eigenvalue weighted by molar-refractivity contribution is -0.228. The second kappa shape index (κ2) is 5.67. The zero-order chi connectivity index (χ0) is 19.7. The molecule has 10 heteroatoms. The van der Waals surface area contributed by atoms with Gasteiger partial charge in [-0.05, 0) is 12.1 Å². The summed E-state index contributed by atoms with van der Waals surface area (Å²) in [5.41, 5.74) is -5.19. The number of benzene rings is 2. The average Bonchev–Trinajstić information content (AvgIpc) is 2.52. The lowest BCUT2D eigenvalue weighted by atomic mass is 9.89. The molecule has 0 aliphatic heterocycles. The third-order valence-electron chi connectivity index (χ3n) is 4.13. The topological polar surface area (TPSA) is 0 Å². The summed E-state index contributed by atoms with van der Waals surface area (Å²) in [7, 11) is 0. The van der Waals surface area contributed by atoms with Crippen molar-refractivity contribution in [3.05, 3.63) is 67.6 Å². The number of alkyl halides is 8. The summed E-state index contributed by atoms with van der Waals surface area (Å²) < 4.78 is 114. The minimum Gasteiger partial charge on any atom is -0.194 e. The Hall–Kier alpha value is -1.16. The molecule has 0 fully saturated rings. The number of rotatable bonds is 0. The predicted molar refractivity (Wildman–Crippen MR) is 83.9 cm³/mol. The highest BCUT2D eigenvalue weighted by Gasteiger charge is 2.63. The van der Waals surface area contributed by atoms with Crippen LogP contribution in [0.5, 0.6) is 0 Å². The standard InChI is InChI=1S/C16H6Br2F8/c17-11-5-7-1-3-9(11)15(23,24)16(25,26)10-4-2-8(6-12(10)18)14(21,22)13(7,19)20/h1-6H. The molecular weight excluding hydrogens is 504 g/mol. The van der Waals surface area contributed by atoms with Gasteiger partial charge in [-0.15, -0.1) is 0 Å². The van der Waals surface area contributed by atoms with E-state index in [1.807, 2.05) is 0 Å². The van der Waals surface area contributed by atoms with Gasteiger partial charge in [-0.2, -0.15) is 35.1 Å². The van der Waals surface area contributed by atoms with Gasteiger partial charge >= 0.3 is 23.7 Å². The van der Waals surface area contributed by atoms with Crippen LogP contribution < -0.4 is 0 Å². The summed E-state index contributed by atoms with van der Waals surface area (Å²) in [6.07, 6.45) is 0. The molecule has 2 aromatic carbocycles. The van der Waals surface area contributed by atoms with Gasteiger partial charge in [0.2, 0.25) is 0 Å². The van der Waals surface area contributed by atoms with E-state index >= 15 is 0 Å². The molecule has 0 nitrogen and oxygen atoms in total. The zero-order valence-corrected chi connectivity index (χ0v) is 15.4. The maximum absolute atomic E-state index is 14.5. The Labute approximate surface area is 158 Å². The number of hydrogen-bond donors (Lipinski definition) is 0. The average molecular weight is 510 g/mol. The zero-order valence-electron chi connectivity index (χ0n) is 12.2. The van der Waals surface area contributed by atoms with Crippen LogP contribution in [0.25, 0.3) is 0 Å². The van der Waals surface area contributed by atoms with Crippen molar-refractivity contribution in [2.24, 2.45) is 0 Å². The lowest BCUT2D eigenvalue weighted by Gasteiger charge is -2.32. The molecule has 2 aromatic rings. The highest BCUT2D eigenvalue weighted by Crippen LogP contribution is 2.56. The molecule has 4 aliphatic carbocycles. The van der Waals surface area contributed by atoms with Crippen molar-refractivity contribution in [2.75, 3.05) is 0 Å². The molecule has 4 bridgehead atoms. The Balaban J connectivity index is 2.46. The van der Waals surface area contributed by atoms with E-state index in [0.29, 0.717) is 36.4 Å². The Kier molecular flexibility index (Phi) is 4.27. The molecule has 0 N–H and O–H groups in total. The summed E-state index contributed by atoms with van der Waals surface area (Å²) >= 11 is 5.04. The first-order chi connectivity index (χ1) is 11.7. The maximum atomic E-state index is 14.5. The predicted octanol–water partition coefficient (Wildman–Crippen LogP) is 7.29. The SMILES string of the molecule is FC1(F)c2ccc(c(Br)c2)C(F)(F)C(F)(F)c2ccc(cc2Br)C1(F)F. The van der Waals surface area contributed by atoms with Crippen LogP contribution in [-0.2, 0) is 23.7 Å². The van der Waals surface area contributed by atoms with Crippen LogP contribution in [0.1, 0.15) is 22.3 Å². The Morgan fingerprint density at radius 3 is 1.08 bits per heavy atom. The second-order valence-electron chi connectivity index (χ2n) is 5.69. The molecule has 6 rings (SSSR count). The summed E-state index contributed by atoms with van der Waals surface area (Å²) in [5.74, 6) is -19.1. The Bertz CT molecular complexity index is 818. The largest absolute Gasteiger partial charge is 0.340 e. The van der Waals surface area contributed by atoms with Crippen LogP contribution >= 0.6 is 31.9 Å². The molecule has 0 saturated heterocycles. The maximum Gasteiger partial charge on any atom is 0.340 e. The van der Waals surface area contributed by atoms with E-state index in [1.54, 1.807) is 0 Å². The lowest BCUT2D eigenvalue weighted by Crippen LogP contribution is -2.39. The minimum absolute atomic E-state index is 0.291. The molecule has 0 radical (unpaired) electrons. The van der Waals surface area contributed by atoms with Crippen LogP contribution in [-0.4, -0.2) is 0 Å². The molecule has 4 aliphatic rings. The van der Waals surface area contributed by atoms with Crippen molar-refractivity contribution in [3.8, 4) is 0 Å². The Morgan fingerprint density at radius 1 is 0.500 bits per heavy atom. The summed E-state index contributed by atoms with van der Waals surface area (Å²) in [5, 5.41) is 0. The van der Waals surface area contributed by atoms with Gasteiger partial charge in [0.25, 0.3) is 0 Å². The molecule has 0 spiro atoms. The van der Waals surface area contributed by atoms with Gasteiger partial charge in [-0.1, -0.05) is 56.1 Å². The van der Waals surface area contributed by atoms with E-state index in [0.717, 1.165) is 0 Å². The van der Waals surface area contributed by atoms with E-state index in [2.05, 4.69) is 31.9 Å². The van der Waals surface area contributed by atoms with Crippen molar-refractivity contribution >= 4 is 31.9 Å². The van der Waals surface area contributed by atoms with Crippen molar-refractivity contribution in [1.29, 1.82) is 0 Å². The van der Waals surface area contributed by atoms with Crippen LogP contribution in [0.15, 0.2) is 45.3 Å². The van der Waals surface area contributed by atoms with Crippen molar-refractivity contribution in [2.45, 2.75) is 23.7 Å². The van der Waals surface area contributed by atoms with Crippen LogP contribution in [0.2, 0.25) is 0 Å². The molecule has 0 saturated carbocycles. The molecule has 0 heterocycles. The quantitative estimate of drug-likeness (QED) is 0.327. The fourth-order valence-electron chi connectivity index (χ4n) is 2.63. The van der Waals surface area contributed by atoms with Crippen LogP contribution in [0.3, 0.4) is 0 Å². The Morgan fingerprint density at radius 2 is 0.808 bits per heavy atom. The molecule has 0 amide bonds. The second-order valence-corrected chi connectivity index (χ2v) is 7.40. The van der Waals surface area contributed by atoms with E-state index in [9.17, 15) is 35.1 Å². The highest BCUT2D eigenvalue weighted by molar-refractivity contribution is 9.10. The van der Waals surface area contributed by atoms with Crippen LogP contribution in [0.4, 0.5) is 35.1 Å². The highest BCUT2D eigenvalue weighted by atomic mass is 79.9. The molecule has 0 atom stereocenters. The van der Waals surface area contributed by atoms with Crippen molar-refractivity contribution in [3.63, 3.8) is 0 Å². The van der Waals surface area contributed by atoms with Crippen molar-refractivity contribution < 1.29 is 35.1 Å². The third kappa shape index (κ3) is 2.44. The smallest absolute Gasteiger partial charge is 0.194 e. The molecule has 0 aromatic heterocycles. The fraction of sp³-hybridized carbons (Fsp3) is 0.250. The summed E-state index contributed by atoms with van der Waals surface area (Å²) in [6, 6.07) is 1.77. The van der Waals surface area contributed by atoms with E-state index < -0.39 is 54.9 Å². The number of hydrogen-bond acceptors (Lipinski definition) is 0. The molecule has 0 unspecified atom stereocenters. The molecular formula is C16H6Br2F8. The van der Waals surface area contributed by atoms with E-state index in [-0.39, 0.29) is 0 Å². The third-order valence-corrected chi connectivity index (χ3v) is 5.44. The molecule has 26 heavy (non-hydrogen) atoms. The summed E-state index contributed by atoms with van der Waals surface area (Å²) in [6.45, 7) is 0. The van der Waals surface area contributed by atoms with Crippen LogP contribution in [0, 0.1) is 0 Å². The minimum atomic E-state index is -4.80. The van der Waals surface area contributed by atoms with Gasteiger partial charge in [-0.3, -0.25) is 0 Å². The number of halogens is 10. The van der Waals surface area contributed by atoms with Crippen molar-refractivity contribution in [1.82, 2.24) is 0 Å². The van der Waals surface area contributed by atoms with E-state index in [1.165, 1.54) is 0 Å². The van der Waals surface area contributed by atoms with Gasteiger partial charge in [0, 0.05) is 31.2 Å². The molecule has 140 valence electrons. The van der Waals surface area contributed by atoms with Gasteiger partial charge in [0.05, 0.1) is 0 Å². The van der Waals surface area contributed by atoms with E-state index in [4.69, 9.17) is 0 Å². The normalized spacial score (nSPS) is 21.9.